The number of carbonyl (C=O) groups excluding carboxylic acids is 2. The van der Waals surface area contributed by atoms with E-state index in [4.69, 9.17) is 9.47 Å². The summed E-state index contributed by atoms with van der Waals surface area (Å²) in [4.78, 5) is 23.8. The average molecular weight is 648 g/mol. The van der Waals surface area contributed by atoms with E-state index < -0.39 is 17.2 Å². The Labute approximate surface area is 258 Å². The van der Waals surface area contributed by atoms with Crippen LogP contribution in [-0.4, -0.2) is 24.7 Å². The number of hydrogen-bond acceptors (Lipinski definition) is 4. The van der Waals surface area contributed by atoms with Gasteiger partial charge in [-0.25, -0.2) is 0 Å². The van der Waals surface area contributed by atoms with Crippen LogP contribution in [0.1, 0.15) is 62.2 Å². The first-order valence-electron chi connectivity index (χ1n) is 14.8. The van der Waals surface area contributed by atoms with Gasteiger partial charge in [-0.3, -0.25) is 4.79 Å². The fraction of sp³-hybridized carbons (Fsp3) is 0.278. The van der Waals surface area contributed by atoms with Gasteiger partial charge in [-0.1, -0.05) is 12.1 Å². The Balaban J connectivity index is 1.28. The molecule has 0 atom stereocenters. The number of para-hydroxylation sites is 1. The monoisotopic (exact) mass is 646 g/mol. The molecule has 0 bridgehead atoms. The van der Waals surface area contributed by atoms with Gasteiger partial charge in [0.05, 0.1) is 0 Å². The zero-order valence-corrected chi connectivity index (χ0v) is 26.8. The van der Waals surface area contributed by atoms with E-state index in [0.29, 0.717) is 6.61 Å². The van der Waals surface area contributed by atoms with E-state index in [1.54, 1.807) is 24.3 Å². The summed E-state index contributed by atoms with van der Waals surface area (Å²) >= 11 is 4.54. The number of esters is 2. The topological polar surface area (TPSA) is 52.6 Å². The number of unbranched alkanes of at least 4 members (excludes halogenated alkanes) is 6. The first kappa shape index (κ1) is 31.7. The zero-order valence-electron chi connectivity index (χ0n) is 24.3. The van der Waals surface area contributed by atoms with Crippen LogP contribution in [0.5, 0.6) is 5.75 Å². The molecule has 0 spiro atoms. The first-order chi connectivity index (χ1) is 20.4. The van der Waals surface area contributed by atoms with Gasteiger partial charge in [0.25, 0.3) is 0 Å². The molecule has 0 saturated carbocycles. The predicted molar refractivity (Wildman–Crippen MR) is 179 cm³/mol. The van der Waals surface area contributed by atoms with E-state index in [-0.39, 0.29) is 11.3 Å². The van der Waals surface area contributed by atoms with Crippen molar-refractivity contribution in [1.82, 2.24) is 0 Å². The Morgan fingerprint density at radius 2 is 1.02 bits per heavy atom. The third kappa shape index (κ3) is 7.56. The fourth-order valence-corrected chi connectivity index (χ4v) is 13.3. The number of halogens is 1. The van der Waals surface area contributed by atoms with Crippen molar-refractivity contribution in [2.75, 3.05) is 12.8 Å². The van der Waals surface area contributed by atoms with Crippen LogP contribution in [0, 0.1) is 0 Å². The minimum absolute atomic E-state index is 0.235. The molecule has 0 radical (unpaired) electrons. The molecule has 4 aromatic rings. The standard InChI is InChI=1S/C36H40BrO4P/c1-30(38)41-35-27-17-16-26-34(35)36(39)40-28-18-5-3-2-4-6-19-29-42(37,31-20-10-7-11-21-31,32-22-12-8-13-23-32)33-24-14-9-15-25-33/h7-17,20-27H,2-6,18-19,28-29H2,1H3. The first-order valence-corrected chi connectivity index (χ1v) is 19.2. The van der Waals surface area contributed by atoms with Crippen LogP contribution in [0.4, 0.5) is 0 Å². The van der Waals surface area contributed by atoms with Crippen LogP contribution in [0.2, 0.25) is 0 Å². The quantitative estimate of drug-likeness (QED) is 0.0564. The van der Waals surface area contributed by atoms with Crippen molar-refractivity contribution in [3.05, 3.63) is 121 Å². The molecule has 220 valence electrons. The van der Waals surface area contributed by atoms with E-state index >= 15 is 0 Å². The maximum atomic E-state index is 12.5. The number of hydrogen-bond donors (Lipinski definition) is 0. The third-order valence-electron chi connectivity index (χ3n) is 7.70. The van der Waals surface area contributed by atoms with Gasteiger partial charge in [0, 0.05) is 6.92 Å². The van der Waals surface area contributed by atoms with Crippen LogP contribution in [0.3, 0.4) is 0 Å². The summed E-state index contributed by atoms with van der Waals surface area (Å²) in [5.41, 5.74) is 0.276. The number of carbonyl (C=O) groups is 2. The van der Waals surface area contributed by atoms with E-state index in [1.165, 1.54) is 29.3 Å². The molecule has 42 heavy (non-hydrogen) atoms. The van der Waals surface area contributed by atoms with Gasteiger partial charge in [-0.05, 0) is 12.1 Å². The molecule has 4 nitrogen and oxygen atoms in total. The van der Waals surface area contributed by atoms with Crippen molar-refractivity contribution in [2.45, 2.75) is 51.9 Å². The summed E-state index contributed by atoms with van der Waals surface area (Å²) in [5.74, 6) is -0.688. The van der Waals surface area contributed by atoms with Crippen LogP contribution in [0.15, 0.2) is 115 Å². The normalized spacial score (nSPS) is 12.2. The van der Waals surface area contributed by atoms with E-state index in [1.807, 2.05) is 0 Å². The number of benzene rings is 4. The van der Waals surface area contributed by atoms with Gasteiger partial charge >= 0.3 is 212 Å². The molecular formula is C36H40BrO4P. The van der Waals surface area contributed by atoms with Crippen LogP contribution in [0.25, 0.3) is 0 Å². The fourth-order valence-electron chi connectivity index (χ4n) is 5.57. The maximum absolute atomic E-state index is 12.5. The van der Waals surface area contributed by atoms with E-state index in [9.17, 15) is 9.59 Å². The molecule has 0 fully saturated rings. The number of rotatable bonds is 15. The van der Waals surface area contributed by atoms with Gasteiger partial charge < -0.3 is 4.74 Å². The summed E-state index contributed by atoms with van der Waals surface area (Å²) < 4.78 is 10.6. The molecule has 4 rings (SSSR count). The zero-order chi connectivity index (χ0) is 29.7. The Morgan fingerprint density at radius 3 is 1.52 bits per heavy atom. The van der Waals surface area contributed by atoms with Crippen LogP contribution in [-0.2, 0) is 9.53 Å². The molecule has 0 aromatic heterocycles. The summed E-state index contributed by atoms with van der Waals surface area (Å²) in [6.07, 6.45) is 8.62. The molecule has 0 aliphatic heterocycles. The second-order valence-electron chi connectivity index (χ2n) is 10.6. The van der Waals surface area contributed by atoms with Crippen molar-refractivity contribution >= 4 is 48.6 Å². The SMILES string of the molecule is CC(=O)Oc1ccccc1C(=O)OCCCCCCCCCP(Br)(c1ccccc1)(c1ccccc1)c1ccccc1. The molecule has 0 N–H and O–H groups in total. The Hall–Kier alpha value is -3.27. The summed E-state index contributed by atoms with van der Waals surface area (Å²) in [6, 6.07) is 39.6. The Morgan fingerprint density at radius 1 is 0.595 bits per heavy atom. The van der Waals surface area contributed by atoms with Gasteiger partial charge in [-0.2, -0.15) is 0 Å². The molecule has 0 amide bonds. The summed E-state index contributed by atoms with van der Waals surface area (Å²) in [5, 5.41) is 1.26. The molecule has 0 heterocycles. The van der Waals surface area contributed by atoms with Crippen molar-refractivity contribution in [3.63, 3.8) is 0 Å². The van der Waals surface area contributed by atoms with Crippen LogP contribution < -0.4 is 20.7 Å². The predicted octanol–water partition coefficient (Wildman–Crippen LogP) is 8.34. The summed E-state index contributed by atoms with van der Waals surface area (Å²) in [6.45, 7) is 1.67. The van der Waals surface area contributed by atoms with Gasteiger partial charge in [0.1, 0.15) is 5.75 Å². The molecule has 0 aliphatic rings. The molecule has 0 unspecified atom stereocenters. The number of ether oxygens (including phenoxy) is 2. The van der Waals surface area contributed by atoms with Crippen molar-refractivity contribution in [1.29, 1.82) is 0 Å². The average Bonchev–Trinajstić information content (AvgIpc) is 3.03. The van der Waals surface area contributed by atoms with Gasteiger partial charge in [-0.15, -0.1) is 0 Å². The van der Waals surface area contributed by atoms with Crippen molar-refractivity contribution < 1.29 is 19.1 Å². The Kier molecular flexibility index (Phi) is 11.5. The molecule has 6 heteroatoms. The van der Waals surface area contributed by atoms with Crippen molar-refractivity contribution in [3.8, 4) is 5.75 Å². The third-order valence-corrected chi connectivity index (χ3v) is 17.7. The molecule has 4 aromatic carbocycles. The van der Waals surface area contributed by atoms with Gasteiger partial charge in [0.2, 0.25) is 0 Å². The van der Waals surface area contributed by atoms with Gasteiger partial charge in [0.15, 0.2) is 0 Å². The second-order valence-corrected chi connectivity index (χ2v) is 19.7. The summed E-state index contributed by atoms with van der Waals surface area (Å²) in [7, 11) is 0. The molecule has 0 aliphatic carbocycles. The van der Waals surface area contributed by atoms with Crippen molar-refractivity contribution in [2.24, 2.45) is 0 Å². The minimum atomic E-state index is -2.84. The Bertz CT molecular complexity index is 1330. The van der Waals surface area contributed by atoms with Crippen LogP contribution >= 0.6 is 20.8 Å². The molecule has 0 saturated heterocycles. The molecular weight excluding hydrogens is 607 g/mol. The van der Waals surface area contributed by atoms with E-state index in [0.717, 1.165) is 44.7 Å². The van der Waals surface area contributed by atoms with E-state index in [2.05, 4.69) is 106 Å². The second kappa shape index (κ2) is 15.3.